The monoisotopic (exact) mass is 266 g/mol. The van der Waals surface area contributed by atoms with Crippen molar-refractivity contribution in [2.45, 2.75) is 18.9 Å². The summed E-state index contributed by atoms with van der Waals surface area (Å²) in [5.74, 6) is 0.660. The zero-order valence-electron chi connectivity index (χ0n) is 10.7. The summed E-state index contributed by atoms with van der Waals surface area (Å²) in [7, 11) is 0. The Balaban J connectivity index is 1.66. The topological polar surface area (TPSA) is 73.6 Å². The van der Waals surface area contributed by atoms with Crippen molar-refractivity contribution in [1.29, 1.82) is 0 Å². The largest absolute Gasteiger partial charge is 0.494 e. The minimum absolute atomic E-state index is 0.0778. The van der Waals surface area contributed by atoms with Crippen LogP contribution in [0, 0.1) is 10.1 Å². The van der Waals surface area contributed by atoms with Gasteiger partial charge < -0.3 is 14.8 Å². The number of morpholine rings is 1. The molecule has 1 saturated heterocycles. The lowest BCUT2D eigenvalue weighted by molar-refractivity contribution is -0.384. The van der Waals surface area contributed by atoms with E-state index in [0.29, 0.717) is 12.4 Å². The van der Waals surface area contributed by atoms with Gasteiger partial charge in [0.25, 0.3) is 5.69 Å². The third-order valence-corrected chi connectivity index (χ3v) is 2.99. The summed E-state index contributed by atoms with van der Waals surface area (Å²) in [6.45, 7) is 3.19. The summed E-state index contributed by atoms with van der Waals surface area (Å²) in [6, 6.07) is 6.14. The van der Waals surface area contributed by atoms with Crippen LogP contribution < -0.4 is 10.1 Å². The average molecular weight is 266 g/mol. The van der Waals surface area contributed by atoms with E-state index < -0.39 is 4.92 Å². The fraction of sp³-hybridized carbons (Fsp3) is 0.538. The summed E-state index contributed by atoms with van der Waals surface area (Å²) in [5.41, 5.74) is 0.0778. The fourth-order valence-electron chi connectivity index (χ4n) is 1.97. The van der Waals surface area contributed by atoms with Crippen molar-refractivity contribution in [3.05, 3.63) is 34.4 Å². The smallest absolute Gasteiger partial charge is 0.269 e. The number of benzene rings is 1. The van der Waals surface area contributed by atoms with E-state index in [4.69, 9.17) is 9.47 Å². The summed E-state index contributed by atoms with van der Waals surface area (Å²) < 4.78 is 11.1. The van der Waals surface area contributed by atoms with Gasteiger partial charge in [-0.25, -0.2) is 0 Å². The van der Waals surface area contributed by atoms with Gasteiger partial charge >= 0.3 is 0 Å². The molecule has 1 aliphatic rings. The third kappa shape index (κ3) is 4.50. The number of hydrogen-bond donors (Lipinski definition) is 1. The number of non-ortho nitro benzene ring substituents is 1. The number of hydrogen-bond acceptors (Lipinski definition) is 5. The Morgan fingerprint density at radius 2 is 2.21 bits per heavy atom. The quantitative estimate of drug-likeness (QED) is 0.482. The van der Waals surface area contributed by atoms with E-state index in [-0.39, 0.29) is 11.8 Å². The Morgan fingerprint density at radius 3 is 2.84 bits per heavy atom. The van der Waals surface area contributed by atoms with E-state index in [1.54, 1.807) is 12.1 Å². The van der Waals surface area contributed by atoms with Crippen LogP contribution in [0.25, 0.3) is 0 Å². The van der Waals surface area contributed by atoms with Gasteiger partial charge in [0.1, 0.15) is 5.75 Å². The van der Waals surface area contributed by atoms with Crippen LogP contribution in [0.5, 0.6) is 5.75 Å². The standard InChI is InChI=1S/C13H18N2O4/c16-15(17)11-3-5-12(6-4-11)18-8-1-2-13-10-14-7-9-19-13/h3-6,13-14H,1-2,7-10H2. The zero-order valence-corrected chi connectivity index (χ0v) is 10.7. The Labute approximate surface area is 111 Å². The Morgan fingerprint density at radius 1 is 1.42 bits per heavy atom. The molecule has 19 heavy (non-hydrogen) atoms. The van der Waals surface area contributed by atoms with Crippen molar-refractivity contribution in [1.82, 2.24) is 5.32 Å². The van der Waals surface area contributed by atoms with Crippen LogP contribution in [0.3, 0.4) is 0 Å². The maximum Gasteiger partial charge on any atom is 0.269 e. The van der Waals surface area contributed by atoms with Crippen molar-refractivity contribution in [3.8, 4) is 5.75 Å². The molecule has 0 saturated carbocycles. The second-order valence-corrected chi connectivity index (χ2v) is 4.44. The molecule has 1 unspecified atom stereocenters. The number of nitrogens with zero attached hydrogens (tertiary/aromatic N) is 1. The van der Waals surface area contributed by atoms with Crippen molar-refractivity contribution < 1.29 is 14.4 Å². The SMILES string of the molecule is O=[N+]([O-])c1ccc(OCCCC2CNCCO2)cc1. The highest BCUT2D eigenvalue weighted by Crippen LogP contribution is 2.17. The molecular weight excluding hydrogens is 248 g/mol. The van der Waals surface area contributed by atoms with Gasteiger partial charge in [0.05, 0.1) is 24.2 Å². The molecule has 1 aromatic rings. The third-order valence-electron chi connectivity index (χ3n) is 2.99. The molecule has 0 bridgehead atoms. The van der Waals surface area contributed by atoms with Crippen LogP contribution >= 0.6 is 0 Å². The highest BCUT2D eigenvalue weighted by molar-refractivity contribution is 5.35. The molecule has 0 aliphatic carbocycles. The van der Waals surface area contributed by atoms with Gasteiger partial charge in [0.15, 0.2) is 0 Å². The molecule has 0 radical (unpaired) electrons. The lowest BCUT2D eigenvalue weighted by Gasteiger charge is -2.23. The van der Waals surface area contributed by atoms with E-state index in [0.717, 1.165) is 32.5 Å². The van der Waals surface area contributed by atoms with Gasteiger partial charge in [-0.15, -0.1) is 0 Å². The summed E-state index contributed by atoms with van der Waals surface area (Å²) in [5, 5.41) is 13.8. The van der Waals surface area contributed by atoms with Crippen molar-refractivity contribution in [2.24, 2.45) is 0 Å². The van der Waals surface area contributed by atoms with Crippen molar-refractivity contribution >= 4 is 5.69 Å². The molecule has 1 heterocycles. The molecule has 2 rings (SSSR count). The van der Waals surface area contributed by atoms with Gasteiger partial charge in [-0.3, -0.25) is 10.1 Å². The maximum atomic E-state index is 10.5. The molecular formula is C13H18N2O4. The second-order valence-electron chi connectivity index (χ2n) is 4.44. The van der Waals surface area contributed by atoms with E-state index >= 15 is 0 Å². The molecule has 0 spiro atoms. The van der Waals surface area contributed by atoms with E-state index in [1.807, 2.05) is 0 Å². The summed E-state index contributed by atoms with van der Waals surface area (Å²) >= 11 is 0. The van der Waals surface area contributed by atoms with Gasteiger partial charge in [-0.1, -0.05) is 0 Å². The molecule has 0 amide bonds. The zero-order chi connectivity index (χ0) is 13.5. The van der Waals surface area contributed by atoms with Crippen LogP contribution in [0.2, 0.25) is 0 Å². The van der Waals surface area contributed by atoms with Crippen molar-refractivity contribution in [3.63, 3.8) is 0 Å². The maximum absolute atomic E-state index is 10.5. The van der Waals surface area contributed by atoms with Gasteiger partial charge in [-0.05, 0) is 25.0 Å². The predicted molar refractivity (Wildman–Crippen MR) is 70.4 cm³/mol. The lowest BCUT2D eigenvalue weighted by Crippen LogP contribution is -2.38. The number of nitro groups is 1. The van der Waals surface area contributed by atoms with Gasteiger partial charge in [0.2, 0.25) is 0 Å². The van der Waals surface area contributed by atoms with Crippen LogP contribution in [0.1, 0.15) is 12.8 Å². The number of nitro benzene ring substituents is 1. The van der Waals surface area contributed by atoms with E-state index in [1.165, 1.54) is 12.1 Å². The average Bonchev–Trinajstić information content (AvgIpc) is 2.45. The first-order valence-electron chi connectivity index (χ1n) is 6.45. The molecule has 6 heteroatoms. The van der Waals surface area contributed by atoms with Gasteiger partial charge in [0, 0.05) is 25.2 Å². The Kier molecular flexibility index (Phi) is 5.11. The second kappa shape index (κ2) is 7.06. The normalized spacial score (nSPS) is 19.1. The highest BCUT2D eigenvalue weighted by Gasteiger charge is 2.12. The molecule has 1 fully saturated rings. The molecule has 1 N–H and O–H groups in total. The van der Waals surface area contributed by atoms with Crippen LogP contribution in [0.15, 0.2) is 24.3 Å². The van der Waals surface area contributed by atoms with Crippen LogP contribution in [-0.2, 0) is 4.74 Å². The Hall–Kier alpha value is -1.66. The number of nitrogens with one attached hydrogen (secondary N) is 1. The molecule has 1 atom stereocenters. The fourth-order valence-corrected chi connectivity index (χ4v) is 1.97. The van der Waals surface area contributed by atoms with Crippen molar-refractivity contribution in [2.75, 3.05) is 26.3 Å². The highest BCUT2D eigenvalue weighted by atomic mass is 16.6. The predicted octanol–water partition coefficient (Wildman–Crippen LogP) is 1.74. The van der Waals surface area contributed by atoms with E-state index in [2.05, 4.69) is 5.32 Å². The molecule has 1 aromatic carbocycles. The minimum Gasteiger partial charge on any atom is -0.494 e. The molecule has 0 aromatic heterocycles. The van der Waals surface area contributed by atoms with E-state index in [9.17, 15) is 10.1 Å². The summed E-state index contributed by atoms with van der Waals surface area (Å²) in [6.07, 6.45) is 2.14. The molecule has 104 valence electrons. The first-order valence-corrected chi connectivity index (χ1v) is 6.45. The molecule has 6 nitrogen and oxygen atoms in total. The van der Waals surface area contributed by atoms with Crippen LogP contribution in [0.4, 0.5) is 5.69 Å². The van der Waals surface area contributed by atoms with Gasteiger partial charge in [-0.2, -0.15) is 0 Å². The minimum atomic E-state index is -0.419. The molecule has 1 aliphatic heterocycles. The lowest BCUT2D eigenvalue weighted by atomic mass is 10.2. The first kappa shape index (κ1) is 13.8. The Bertz CT molecular complexity index is 402. The number of ether oxygens (including phenoxy) is 2. The summed E-state index contributed by atoms with van der Waals surface area (Å²) in [4.78, 5) is 10.1. The number of rotatable bonds is 6. The first-order chi connectivity index (χ1) is 9.25. The van der Waals surface area contributed by atoms with Crippen LogP contribution in [-0.4, -0.2) is 37.3 Å².